The van der Waals surface area contributed by atoms with Gasteiger partial charge in [0.2, 0.25) is 10.0 Å². The Bertz CT molecular complexity index is 931. The van der Waals surface area contributed by atoms with Gasteiger partial charge in [-0.25, -0.2) is 23.4 Å². The van der Waals surface area contributed by atoms with Gasteiger partial charge in [-0.1, -0.05) is 0 Å². The van der Waals surface area contributed by atoms with Crippen LogP contribution in [0.3, 0.4) is 0 Å². The molecule has 120 valence electrons. The van der Waals surface area contributed by atoms with Crippen molar-refractivity contribution in [3.05, 3.63) is 30.7 Å². The van der Waals surface area contributed by atoms with Crippen LogP contribution in [0.1, 0.15) is 0 Å². The summed E-state index contributed by atoms with van der Waals surface area (Å²) in [6.45, 7) is 0. The first kappa shape index (κ1) is 15.2. The van der Waals surface area contributed by atoms with Crippen LogP contribution in [0.25, 0.3) is 22.6 Å². The van der Waals surface area contributed by atoms with Gasteiger partial charge >= 0.3 is 0 Å². The highest BCUT2D eigenvalue weighted by Gasteiger charge is 2.14. The predicted octanol–water partition coefficient (Wildman–Crippen LogP) is 1.46. The Morgan fingerprint density at radius 3 is 2.70 bits per heavy atom. The number of nitrogens with zero attached hydrogens (tertiary/aromatic N) is 4. The molecule has 0 spiro atoms. The minimum atomic E-state index is -3.33. The molecule has 1 aromatic carbocycles. The summed E-state index contributed by atoms with van der Waals surface area (Å²) in [5.74, 6) is 0.648. The van der Waals surface area contributed by atoms with E-state index in [1.807, 2.05) is 25.1 Å². The number of imidazole rings is 1. The Balaban J connectivity index is 2.11. The summed E-state index contributed by atoms with van der Waals surface area (Å²) in [5, 5.41) is 0. The smallest absolute Gasteiger partial charge is 0.229 e. The second kappa shape index (κ2) is 5.51. The predicted molar refractivity (Wildman–Crippen MR) is 89.9 cm³/mol. The zero-order chi connectivity index (χ0) is 16.6. The first-order chi connectivity index (χ1) is 10.8. The number of H-pyrrole nitrogens is 1. The maximum Gasteiger partial charge on any atom is 0.229 e. The number of sulfonamides is 1. The number of aromatic amines is 1. The van der Waals surface area contributed by atoms with Gasteiger partial charge < -0.3 is 9.88 Å². The van der Waals surface area contributed by atoms with Crippen molar-refractivity contribution in [2.24, 2.45) is 0 Å². The van der Waals surface area contributed by atoms with Gasteiger partial charge in [-0.3, -0.25) is 4.72 Å². The van der Waals surface area contributed by atoms with E-state index in [1.165, 1.54) is 6.33 Å². The van der Waals surface area contributed by atoms with Gasteiger partial charge in [0.05, 0.1) is 18.1 Å². The molecule has 0 unspecified atom stereocenters. The number of aromatic nitrogens is 4. The van der Waals surface area contributed by atoms with E-state index >= 15 is 0 Å². The molecule has 0 aliphatic rings. The standard InChI is InChI=1S/C14H16N6O2S/c1-20(2)12-6-9(19-23(3,21)22)4-5-10(12)13-17-11-7-15-8-16-14(11)18-13/h4-8,19H,1-3H3,(H,15,16,17,18). The third kappa shape index (κ3) is 3.24. The molecule has 2 N–H and O–H groups in total. The summed E-state index contributed by atoms with van der Waals surface area (Å²) in [7, 11) is 0.433. The van der Waals surface area contributed by atoms with E-state index in [1.54, 1.807) is 18.3 Å². The van der Waals surface area contributed by atoms with Crippen molar-refractivity contribution in [1.29, 1.82) is 0 Å². The molecule has 0 amide bonds. The van der Waals surface area contributed by atoms with Crippen LogP contribution in [0, 0.1) is 0 Å². The van der Waals surface area contributed by atoms with Gasteiger partial charge in [-0.2, -0.15) is 0 Å². The first-order valence-corrected chi connectivity index (χ1v) is 8.68. The Morgan fingerprint density at radius 2 is 2.04 bits per heavy atom. The average molecular weight is 332 g/mol. The molecule has 0 saturated heterocycles. The molecule has 8 nitrogen and oxygen atoms in total. The van der Waals surface area contributed by atoms with Crippen LogP contribution in [0.15, 0.2) is 30.7 Å². The number of benzene rings is 1. The van der Waals surface area contributed by atoms with Gasteiger partial charge in [0.25, 0.3) is 0 Å². The van der Waals surface area contributed by atoms with Crippen LogP contribution in [-0.2, 0) is 10.0 Å². The molecule has 23 heavy (non-hydrogen) atoms. The third-order valence-corrected chi connectivity index (χ3v) is 3.81. The number of rotatable bonds is 4. The van der Waals surface area contributed by atoms with E-state index in [0.29, 0.717) is 17.2 Å². The highest BCUT2D eigenvalue weighted by Crippen LogP contribution is 2.31. The highest BCUT2D eigenvalue weighted by atomic mass is 32.2. The largest absolute Gasteiger partial charge is 0.377 e. The van der Waals surface area contributed by atoms with Crippen LogP contribution in [0.2, 0.25) is 0 Å². The molecule has 0 bridgehead atoms. The summed E-state index contributed by atoms with van der Waals surface area (Å²) in [6, 6.07) is 5.27. The molecular formula is C14H16N6O2S. The van der Waals surface area contributed by atoms with E-state index in [9.17, 15) is 8.42 Å². The normalized spacial score (nSPS) is 11.6. The quantitative estimate of drug-likeness (QED) is 0.749. The van der Waals surface area contributed by atoms with Crippen molar-refractivity contribution in [3.8, 4) is 11.4 Å². The van der Waals surface area contributed by atoms with Crippen LogP contribution in [-0.4, -0.2) is 48.7 Å². The molecule has 0 fully saturated rings. The molecule has 9 heteroatoms. The summed E-state index contributed by atoms with van der Waals surface area (Å²) in [5.41, 5.74) is 3.48. The maximum absolute atomic E-state index is 11.4. The summed E-state index contributed by atoms with van der Waals surface area (Å²) in [6.07, 6.45) is 4.22. The molecule has 0 aliphatic heterocycles. The first-order valence-electron chi connectivity index (χ1n) is 6.79. The lowest BCUT2D eigenvalue weighted by molar-refractivity contribution is 0.607. The molecule has 0 saturated carbocycles. The topological polar surface area (TPSA) is 104 Å². The number of hydrogen-bond acceptors (Lipinski definition) is 6. The van der Waals surface area contributed by atoms with E-state index in [0.717, 1.165) is 23.0 Å². The lowest BCUT2D eigenvalue weighted by atomic mass is 10.1. The molecule has 3 aromatic rings. The number of hydrogen-bond donors (Lipinski definition) is 2. The number of fused-ring (bicyclic) bond motifs is 1. The van der Waals surface area contributed by atoms with Gasteiger partial charge in [0.1, 0.15) is 17.7 Å². The molecule has 0 atom stereocenters. The lowest BCUT2D eigenvalue weighted by Gasteiger charge is -2.18. The van der Waals surface area contributed by atoms with Gasteiger partial charge in [0, 0.05) is 25.3 Å². The van der Waals surface area contributed by atoms with Gasteiger partial charge in [-0.15, -0.1) is 0 Å². The van der Waals surface area contributed by atoms with Gasteiger partial charge in [-0.05, 0) is 18.2 Å². The van der Waals surface area contributed by atoms with Crippen LogP contribution < -0.4 is 9.62 Å². The zero-order valence-corrected chi connectivity index (χ0v) is 13.7. The van der Waals surface area contributed by atoms with Crippen LogP contribution >= 0.6 is 0 Å². The van der Waals surface area contributed by atoms with Crippen molar-refractivity contribution in [2.75, 3.05) is 30.0 Å². The van der Waals surface area contributed by atoms with E-state index in [-0.39, 0.29) is 0 Å². The monoisotopic (exact) mass is 332 g/mol. The van der Waals surface area contributed by atoms with Crippen molar-refractivity contribution in [2.45, 2.75) is 0 Å². The summed E-state index contributed by atoms with van der Waals surface area (Å²) < 4.78 is 25.3. The minimum Gasteiger partial charge on any atom is -0.377 e. The fourth-order valence-corrected chi connectivity index (χ4v) is 2.82. The van der Waals surface area contributed by atoms with Crippen LogP contribution in [0.5, 0.6) is 0 Å². The number of nitrogens with one attached hydrogen (secondary N) is 2. The minimum absolute atomic E-state index is 0.496. The Hall–Kier alpha value is -2.68. The maximum atomic E-state index is 11.4. The molecule has 0 aliphatic carbocycles. The second-order valence-electron chi connectivity index (χ2n) is 5.35. The third-order valence-electron chi connectivity index (χ3n) is 3.20. The Morgan fingerprint density at radius 1 is 1.26 bits per heavy atom. The van der Waals surface area contributed by atoms with Crippen molar-refractivity contribution < 1.29 is 8.42 Å². The van der Waals surface area contributed by atoms with E-state index in [4.69, 9.17) is 0 Å². The lowest BCUT2D eigenvalue weighted by Crippen LogP contribution is -2.13. The summed E-state index contributed by atoms with van der Waals surface area (Å²) >= 11 is 0. The fraction of sp³-hybridized carbons (Fsp3) is 0.214. The SMILES string of the molecule is CN(C)c1cc(NS(C)(=O)=O)ccc1-c1nc2ncncc2[nH]1. The molecular weight excluding hydrogens is 316 g/mol. The van der Waals surface area contributed by atoms with Crippen molar-refractivity contribution in [3.63, 3.8) is 0 Å². The Labute approximate surface area is 133 Å². The Kier molecular flexibility index (Phi) is 3.64. The van der Waals surface area contributed by atoms with E-state index in [2.05, 4.69) is 24.7 Å². The second-order valence-corrected chi connectivity index (χ2v) is 7.09. The zero-order valence-electron chi connectivity index (χ0n) is 12.9. The summed E-state index contributed by atoms with van der Waals surface area (Å²) in [4.78, 5) is 17.6. The molecule has 2 aromatic heterocycles. The highest BCUT2D eigenvalue weighted by molar-refractivity contribution is 7.92. The van der Waals surface area contributed by atoms with Gasteiger partial charge in [0.15, 0.2) is 5.65 Å². The molecule has 0 radical (unpaired) electrons. The van der Waals surface area contributed by atoms with E-state index < -0.39 is 10.0 Å². The fourth-order valence-electron chi connectivity index (χ4n) is 2.27. The molecule has 2 heterocycles. The van der Waals surface area contributed by atoms with Crippen molar-refractivity contribution >= 4 is 32.6 Å². The van der Waals surface area contributed by atoms with Crippen LogP contribution in [0.4, 0.5) is 11.4 Å². The van der Waals surface area contributed by atoms with Crippen molar-refractivity contribution in [1.82, 2.24) is 19.9 Å². The molecule has 3 rings (SSSR count). The number of anilines is 2. The average Bonchev–Trinajstić information content (AvgIpc) is 2.89.